The highest BCUT2D eigenvalue weighted by Gasteiger charge is 2.17. The first kappa shape index (κ1) is 28.4. The molecule has 2 N–H and O–H groups in total. The molecule has 0 aliphatic carbocycles. The van der Waals surface area contributed by atoms with E-state index in [-0.39, 0.29) is 6.61 Å². The van der Waals surface area contributed by atoms with Crippen molar-refractivity contribution in [1.82, 2.24) is 4.98 Å². The molecule has 0 radical (unpaired) electrons. The first-order valence-corrected chi connectivity index (χ1v) is 12.9. The quantitative estimate of drug-likeness (QED) is 0.245. The number of fused-ring (bicyclic) bond motifs is 1. The van der Waals surface area contributed by atoms with Crippen molar-refractivity contribution in [3.63, 3.8) is 0 Å². The van der Waals surface area contributed by atoms with Crippen LogP contribution in [0.5, 0.6) is 5.75 Å². The molecule has 0 saturated heterocycles. The molecule has 2 atom stereocenters. The zero-order valence-corrected chi connectivity index (χ0v) is 21.1. The van der Waals surface area contributed by atoms with Gasteiger partial charge in [0.25, 0.3) is 0 Å². The molecule has 1 aliphatic heterocycles. The van der Waals surface area contributed by atoms with E-state index in [0.29, 0.717) is 18.2 Å². The summed E-state index contributed by atoms with van der Waals surface area (Å²) in [6.45, 7) is 7.39. The number of thiol groups is 2. The Morgan fingerprint density at radius 2 is 1.97 bits per heavy atom. The third kappa shape index (κ3) is 10.8. The van der Waals surface area contributed by atoms with Crippen molar-refractivity contribution in [3.05, 3.63) is 52.7 Å². The van der Waals surface area contributed by atoms with Gasteiger partial charge in [-0.05, 0) is 49.1 Å². The molecule has 1 aliphatic rings. The largest absolute Gasteiger partial charge is 0.489 e. The van der Waals surface area contributed by atoms with Gasteiger partial charge in [0.1, 0.15) is 0 Å². The molecule has 0 spiro atoms. The number of aliphatic hydroxyl groups is 1. The van der Waals surface area contributed by atoms with Gasteiger partial charge in [0, 0.05) is 17.5 Å². The summed E-state index contributed by atoms with van der Waals surface area (Å²) < 4.78 is 5.85. The Morgan fingerprint density at radius 3 is 2.62 bits per heavy atom. The van der Waals surface area contributed by atoms with Crippen LogP contribution in [0.25, 0.3) is 0 Å². The zero-order chi connectivity index (χ0) is 22.1. The summed E-state index contributed by atoms with van der Waals surface area (Å²) in [4.78, 5) is 4.36. The normalized spacial score (nSPS) is 14.0. The van der Waals surface area contributed by atoms with Gasteiger partial charge in [-0.3, -0.25) is 0 Å². The third-order valence-corrected chi connectivity index (χ3v) is 4.31. The number of ether oxygens (including phenoxy) is 1. The van der Waals surface area contributed by atoms with Crippen LogP contribution in [0.4, 0.5) is 5.82 Å². The summed E-state index contributed by atoms with van der Waals surface area (Å²) >= 11 is 12.5. The summed E-state index contributed by atoms with van der Waals surface area (Å²) in [7, 11) is 2.42. The first-order valence-electron chi connectivity index (χ1n) is 9.74. The second-order valence-corrected chi connectivity index (χ2v) is 6.32. The molecular formula is C21H34ClN2O2PS2. The molecule has 0 amide bonds. The van der Waals surface area contributed by atoms with Gasteiger partial charge in [-0.15, -0.1) is 32.6 Å². The van der Waals surface area contributed by atoms with Crippen molar-refractivity contribution in [1.29, 1.82) is 0 Å². The van der Waals surface area contributed by atoms with Crippen LogP contribution in [0.15, 0.2) is 36.4 Å². The summed E-state index contributed by atoms with van der Waals surface area (Å²) in [5, 5.41) is 13.3. The van der Waals surface area contributed by atoms with Crippen LogP contribution < -0.4 is 10.1 Å². The molecule has 0 fully saturated rings. The molecule has 3 rings (SSSR count). The summed E-state index contributed by atoms with van der Waals surface area (Å²) in [6.07, 6.45) is 3.21. The van der Waals surface area contributed by atoms with Crippen LogP contribution in [0.1, 0.15) is 37.9 Å². The SMILES string of the molecule is CC.CP.OCc1ccc2c(n1)NCC(CCCc1cccc(Cl)c1)CO2.SS. The van der Waals surface area contributed by atoms with E-state index in [4.69, 9.17) is 21.4 Å². The maximum absolute atomic E-state index is 9.16. The number of hydrogen-bond donors (Lipinski definition) is 4. The third-order valence-electron chi connectivity index (χ3n) is 4.08. The van der Waals surface area contributed by atoms with Crippen LogP contribution in [0, 0.1) is 5.92 Å². The first-order chi connectivity index (χ1) is 14.2. The Kier molecular flexibility index (Phi) is 17.7. The van der Waals surface area contributed by atoms with Crippen LogP contribution >= 0.6 is 44.2 Å². The van der Waals surface area contributed by atoms with Crippen LogP contribution in [-0.4, -0.2) is 29.9 Å². The maximum atomic E-state index is 9.16. The van der Waals surface area contributed by atoms with Gasteiger partial charge in [0.15, 0.2) is 11.6 Å². The van der Waals surface area contributed by atoms with Gasteiger partial charge in [-0.1, -0.05) is 44.2 Å². The number of nitrogens with zero attached hydrogens (tertiary/aromatic N) is 1. The van der Waals surface area contributed by atoms with E-state index >= 15 is 0 Å². The molecule has 2 aromatic rings. The monoisotopic (exact) mass is 476 g/mol. The molecule has 1 aromatic heterocycles. The average Bonchev–Trinajstić information content (AvgIpc) is 3.00. The second-order valence-electron chi connectivity index (χ2n) is 5.89. The summed E-state index contributed by atoms with van der Waals surface area (Å²) in [6, 6.07) is 11.7. The fraction of sp³-hybridized carbons (Fsp3) is 0.476. The van der Waals surface area contributed by atoms with Crippen molar-refractivity contribution in [3.8, 4) is 5.75 Å². The Bertz CT molecular complexity index is 681. The zero-order valence-electron chi connectivity index (χ0n) is 17.4. The van der Waals surface area contributed by atoms with E-state index in [1.54, 1.807) is 6.07 Å². The van der Waals surface area contributed by atoms with E-state index in [1.807, 2.05) is 44.8 Å². The number of pyridine rings is 1. The van der Waals surface area contributed by atoms with Gasteiger partial charge >= 0.3 is 0 Å². The average molecular weight is 477 g/mol. The number of aromatic nitrogens is 1. The second kappa shape index (κ2) is 18.1. The molecule has 2 unspecified atom stereocenters. The van der Waals surface area contributed by atoms with Crippen molar-refractivity contribution >= 4 is 50.0 Å². The molecule has 0 saturated carbocycles. The number of benzene rings is 1. The van der Waals surface area contributed by atoms with Gasteiger partial charge in [0.2, 0.25) is 0 Å². The van der Waals surface area contributed by atoms with Crippen molar-refractivity contribution in [2.45, 2.75) is 39.7 Å². The van der Waals surface area contributed by atoms with Crippen LogP contribution in [0.3, 0.4) is 0 Å². The standard InChI is InChI=1S/C18H21ClN2O2.C2H6.CH5P.H2S2/c19-15-6-2-4-13(9-15)3-1-5-14-10-20-18-17(23-12-14)8-7-16(11-22)21-18;3*1-2/h2,4,6-9,14,22H,1,3,5,10-12H2,(H,20,21);1-2H3;2H2,1H3;1-2H. The van der Waals surface area contributed by atoms with E-state index in [0.717, 1.165) is 42.4 Å². The molecule has 164 valence electrons. The van der Waals surface area contributed by atoms with E-state index in [1.165, 1.54) is 5.56 Å². The van der Waals surface area contributed by atoms with E-state index in [9.17, 15) is 0 Å². The maximum Gasteiger partial charge on any atom is 0.169 e. The smallest absolute Gasteiger partial charge is 0.169 e. The van der Waals surface area contributed by atoms with E-state index in [2.05, 4.69) is 48.9 Å². The van der Waals surface area contributed by atoms with Crippen LogP contribution in [0.2, 0.25) is 5.02 Å². The lowest BCUT2D eigenvalue weighted by Gasteiger charge is -2.13. The van der Waals surface area contributed by atoms with Gasteiger partial charge < -0.3 is 15.2 Å². The number of aryl methyl sites for hydroxylation is 1. The molecule has 0 bridgehead atoms. The Morgan fingerprint density at radius 1 is 1.24 bits per heavy atom. The predicted octanol–water partition coefficient (Wildman–Crippen LogP) is 5.95. The molecule has 1 aromatic carbocycles. The van der Waals surface area contributed by atoms with Gasteiger partial charge in [0.05, 0.1) is 18.9 Å². The molecular weight excluding hydrogens is 443 g/mol. The van der Waals surface area contributed by atoms with Gasteiger partial charge in [-0.25, -0.2) is 4.98 Å². The molecule has 8 heteroatoms. The van der Waals surface area contributed by atoms with Gasteiger partial charge in [-0.2, -0.15) is 0 Å². The number of rotatable bonds is 5. The topological polar surface area (TPSA) is 54.4 Å². The minimum atomic E-state index is -0.0575. The minimum absolute atomic E-state index is 0.0575. The number of halogens is 1. The fourth-order valence-corrected chi connectivity index (χ4v) is 3.01. The lowest BCUT2D eigenvalue weighted by molar-refractivity contribution is 0.253. The van der Waals surface area contributed by atoms with Crippen LogP contribution in [-0.2, 0) is 13.0 Å². The number of nitrogens with one attached hydrogen (secondary N) is 1. The fourth-order valence-electron chi connectivity index (χ4n) is 2.80. The van der Waals surface area contributed by atoms with Crippen molar-refractivity contribution in [2.24, 2.45) is 5.92 Å². The highest BCUT2D eigenvalue weighted by Crippen LogP contribution is 2.27. The lowest BCUT2D eigenvalue weighted by Crippen LogP contribution is -2.18. The molecule has 4 nitrogen and oxygen atoms in total. The molecule has 29 heavy (non-hydrogen) atoms. The number of anilines is 1. The highest BCUT2D eigenvalue weighted by atomic mass is 35.5. The number of aliphatic hydroxyl groups excluding tert-OH is 1. The Hall–Kier alpha value is -0.650. The summed E-state index contributed by atoms with van der Waals surface area (Å²) in [5.41, 5.74) is 1.93. The Labute approximate surface area is 193 Å². The Balaban J connectivity index is 0.00000120. The highest BCUT2D eigenvalue weighted by molar-refractivity contribution is 8.59. The van der Waals surface area contributed by atoms with Crippen molar-refractivity contribution < 1.29 is 9.84 Å². The van der Waals surface area contributed by atoms with Crippen molar-refractivity contribution in [2.75, 3.05) is 25.1 Å². The predicted molar refractivity (Wildman–Crippen MR) is 137 cm³/mol. The lowest BCUT2D eigenvalue weighted by atomic mass is 10.00. The molecule has 2 heterocycles. The summed E-state index contributed by atoms with van der Waals surface area (Å²) in [5.74, 6) is 1.94. The van der Waals surface area contributed by atoms with E-state index < -0.39 is 0 Å². The number of hydrogen-bond acceptors (Lipinski definition) is 6. The minimum Gasteiger partial charge on any atom is -0.489 e.